The molecule has 1 aliphatic rings. The summed E-state index contributed by atoms with van der Waals surface area (Å²) in [6, 6.07) is 3.20. The summed E-state index contributed by atoms with van der Waals surface area (Å²) in [6.07, 6.45) is 1.31. The lowest BCUT2D eigenvalue weighted by Crippen LogP contribution is -2.32. The lowest BCUT2D eigenvalue weighted by Gasteiger charge is -2.18. The monoisotopic (exact) mass is 337 g/mol. The Morgan fingerprint density at radius 2 is 1.95 bits per heavy atom. The summed E-state index contributed by atoms with van der Waals surface area (Å²) in [5.74, 6) is -0.674. The molecule has 1 aromatic rings. The molecule has 1 aromatic carbocycles. The first-order valence-corrected chi connectivity index (χ1v) is 9.58. The zero-order chi connectivity index (χ0) is 15.8. The Bertz CT molecular complexity index is 745. The van der Waals surface area contributed by atoms with Crippen molar-refractivity contribution in [2.75, 3.05) is 26.5 Å². The molecule has 0 radical (unpaired) electrons. The minimum atomic E-state index is -3.99. The second-order valence-electron chi connectivity index (χ2n) is 4.90. The van der Waals surface area contributed by atoms with Crippen LogP contribution >= 0.6 is 0 Å². The summed E-state index contributed by atoms with van der Waals surface area (Å²) in [5.41, 5.74) is 0. The van der Waals surface area contributed by atoms with Gasteiger partial charge in [0.25, 0.3) is 0 Å². The zero-order valence-electron chi connectivity index (χ0n) is 11.6. The van der Waals surface area contributed by atoms with Gasteiger partial charge in [-0.25, -0.2) is 21.2 Å². The fourth-order valence-corrected chi connectivity index (χ4v) is 5.00. The molecule has 1 heterocycles. The molecule has 0 aromatic heterocycles. The average molecular weight is 337 g/mol. The van der Waals surface area contributed by atoms with Gasteiger partial charge in [-0.15, -0.1) is 0 Å². The Morgan fingerprint density at radius 1 is 1.29 bits per heavy atom. The standard InChI is InChI=1S/C12H16FNO5S2/c1-19-11-4-3-9(13)7-12(11)21(17,18)14-6-5-10(8-14)20(2,15)16/h3-4,7,10H,5-6,8H2,1-2H3/t10-/m0/s1. The van der Waals surface area contributed by atoms with Crippen LogP contribution in [0.3, 0.4) is 0 Å². The van der Waals surface area contributed by atoms with Gasteiger partial charge in [-0.3, -0.25) is 0 Å². The van der Waals surface area contributed by atoms with Gasteiger partial charge in [0.1, 0.15) is 16.5 Å². The van der Waals surface area contributed by atoms with Crippen LogP contribution < -0.4 is 4.74 Å². The highest BCUT2D eigenvalue weighted by molar-refractivity contribution is 7.91. The van der Waals surface area contributed by atoms with E-state index in [2.05, 4.69) is 0 Å². The van der Waals surface area contributed by atoms with Crippen LogP contribution in [0.25, 0.3) is 0 Å². The number of hydrogen-bond acceptors (Lipinski definition) is 5. The highest BCUT2D eigenvalue weighted by Crippen LogP contribution is 2.30. The maximum atomic E-state index is 13.3. The van der Waals surface area contributed by atoms with Crippen LogP contribution in [0.15, 0.2) is 23.1 Å². The molecular weight excluding hydrogens is 321 g/mol. The minimum absolute atomic E-state index is 0.0270. The van der Waals surface area contributed by atoms with Crippen molar-refractivity contribution in [2.45, 2.75) is 16.6 Å². The van der Waals surface area contributed by atoms with E-state index >= 15 is 0 Å². The molecule has 0 amide bonds. The molecule has 0 unspecified atom stereocenters. The van der Waals surface area contributed by atoms with Crippen molar-refractivity contribution in [3.05, 3.63) is 24.0 Å². The van der Waals surface area contributed by atoms with Gasteiger partial charge < -0.3 is 4.74 Å². The molecule has 0 spiro atoms. The Hall–Kier alpha value is -1.19. The first-order valence-electron chi connectivity index (χ1n) is 6.19. The van der Waals surface area contributed by atoms with E-state index < -0.39 is 30.9 Å². The van der Waals surface area contributed by atoms with Crippen LogP contribution in [0.4, 0.5) is 4.39 Å². The molecule has 0 N–H and O–H groups in total. The molecule has 1 atom stereocenters. The first-order chi connectivity index (χ1) is 9.66. The molecule has 0 saturated carbocycles. The maximum Gasteiger partial charge on any atom is 0.246 e. The summed E-state index contributed by atoms with van der Waals surface area (Å²) in [5, 5.41) is -0.730. The molecule has 118 valence electrons. The van der Waals surface area contributed by atoms with Crippen LogP contribution in [-0.2, 0) is 19.9 Å². The SMILES string of the molecule is COc1ccc(F)cc1S(=O)(=O)N1CC[C@H](S(C)(=O)=O)C1. The van der Waals surface area contributed by atoms with Crippen molar-refractivity contribution in [3.63, 3.8) is 0 Å². The number of rotatable bonds is 4. The Morgan fingerprint density at radius 3 is 2.48 bits per heavy atom. The van der Waals surface area contributed by atoms with Crippen LogP contribution in [0, 0.1) is 5.82 Å². The lowest BCUT2D eigenvalue weighted by atomic mass is 10.3. The summed E-state index contributed by atoms with van der Waals surface area (Å²) in [4.78, 5) is -0.292. The average Bonchev–Trinajstić information content (AvgIpc) is 2.88. The van der Waals surface area contributed by atoms with E-state index in [1.807, 2.05) is 0 Å². The van der Waals surface area contributed by atoms with E-state index in [4.69, 9.17) is 4.74 Å². The zero-order valence-corrected chi connectivity index (χ0v) is 13.2. The summed E-state index contributed by atoms with van der Waals surface area (Å²) < 4.78 is 67.4. The van der Waals surface area contributed by atoms with Gasteiger partial charge in [-0.1, -0.05) is 0 Å². The summed E-state index contributed by atoms with van der Waals surface area (Å²) in [7, 11) is -6.02. The summed E-state index contributed by atoms with van der Waals surface area (Å²) in [6.45, 7) is -0.0411. The largest absolute Gasteiger partial charge is 0.495 e. The van der Waals surface area contributed by atoms with Crippen LogP contribution in [0.2, 0.25) is 0 Å². The number of benzene rings is 1. The smallest absolute Gasteiger partial charge is 0.246 e. The van der Waals surface area contributed by atoms with Crippen molar-refractivity contribution in [1.82, 2.24) is 4.31 Å². The maximum absolute atomic E-state index is 13.3. The van der Waals surface area contributed by atoms with Crippen molar-refractivity contribution in [3.8, 4) is 5.75 Å². The van der Waals surface area contributed by atoms with E-state index in [-0.39, 0.29) is 30.2 Å². The molecule has 9 heteroatoms. The second-order valence-corrected chi connectivity index (χ2v) is 9.13. The van der Waals surface area contributed by atoms with Crippen molar-refractivity contribution >= 4 is 19.9 Å². The fourth-order valence-electron chi connectivity index (χ4n) is 2.26. The number of sulfone groups is 1. The van der Waals surface area contributed by atoms with Crippen molar-refractivity contribution in [2.24, 2.45) is 0 Å². The Labute approximate surface area is 123 Å². The van der Waals surface area contributed by atoms with E-state index in [0.29, 0.717) is 0 Å². The van der Waals surface area contributed by atoms with Gasteiger partial charge in [0, 0.05) is 19.3 Å². The molecule has 0 aliphatic carbocycles. The molecule has 0 bridgehead atoms. The number of hydrogen-bond donors (Lipinski definition) is 0. The highest BCUT2D eigenvalue weighted by Gasteiger charge is 2.38. The van der Waals surface area contributed by atoms with Crippen LogP contribution in [0.1, 0.15) is 6.42 Å². The third kappa shape index (κ3) is 3.19. The molecule has 1 aliphatic heterocycles. The summed E-state index contributed by atoms with van der Waals surface area (Å²) >= 11 is 0. The predicted molar refractivity (Wildman–Crippen MR) is 75.0 cm³/mol. The Kier molecular flexibility index (Phi) is 4.27. The molecule has 2 rings (SSSR count). The van der Waals surface area contributed by atoms with E-state index in [9.17, 15) is 21.2 Å². The number of halogens is 1. The third-order valence-electron chi connectivity index (χ3n) is 3.46. The van der Waals surface area contributed by atoms with Crippen molar-refractivity contribution in [1.29, 1.82) is 0 Å². The Balaban J connectivity index is 2.38. The van der Waals surface area contributed by atoms with Crippen LogP contribution in [-0.4, -0.2) is 52.8 Å². The molecule has 21 heavy (non-hydrogen) atoms. The minimum Gasteiger partial charge on any atom is -0.495 e. The van der Waals surface area contributed by atoms with E-state index in [1.54, 1.807) is 0 Å². The van der Waals surface area contributed by atoms with E-state index in [1.165, 1.54) is 13.2 Å². The molecule has 1 saturated heterocycles. The number of ether oxygens (including phenoxy) is 1. The van der Waals surface area contributed by atoms with Gasteiger partial charge in [0.05, 0.1) is 12.4 Å². The number of methoxy groups -OCH3 is 1. The molecule has 1 fully saturated rings. The van der Waals surface area contributed by atoms with Gasteiger partial charge in [-0.2, -0.15) is 4.31 Å². The number of sulfonamides is 1. The van der Waals surface area contributed by atoms with E-state index in [0.717, 1.165) is 22.7 Å². The van der Waals surface area contributed by atoms with Crippen molar-refractivity contribution < 1.29 is 26.0 Å². The second kappa shape index (κ2) is 5.54. The molecular formula is C12H16FNO5S2. The molecule has 6 nitrogen and oxygen atoms in total. The number of nitrogens with zero attached hydrogens (tertiary/aromatic N) is 1. The highest BCUT2D eigenvalue weighted by atomic mass is 32.2. The van der Waals surface area contributed by atoms with Gasteiger partial charge in [-0.05, 0) is 24.6 Å². The fraction of sp³-hybridized carbons (Fsp3) is 0.500. The topological polar surface area (TPSA) is 80.8 Å². The van der Waals surface area contributed by atoms with Gasteiger partial charge in [0.15, 0.2) is 9.84 Å². The van der Waals surface area contributed by atoms with Crippen LogP contribution in [0.5, 0.6) is 5.75 Å². The lowest BCUT2D eigenvalue weighted by molar-refractivity contribution is 0.396. The first kappa shape index (κ1) is 16.2. The quantitative estimate of drug-likeness (QED) is 0.805. The third-order valence-corrected chi connectivity index (χ3v) is 6.94. The van der Waals surface area contributed by atoms with Gasteiger partial charge in [0.2, 0.25) is 10.0 Å². The normalized spacial score (nSPS) is 20.6. The predicted octanol–water partition coefficient (Wildman–Crippen LogP) is 0.642. The van der Waals surface area contributed by atoms with Gasteiger partial charge >= 0.3 is 0 Å².